The fourth-order valence-electron chi connectivity index (χ4n) is 2.49. The Labute approximate surface area is 123 Å². The third kappa shape index (κ3) is 3.09. The summed E-state index contributed by atoms with van der Waals surface area (Å²) in [6, 6.07) is 4.93. The third-order valence-corrected chi connectivity index (χ3v) is 3.60. The van der Waals surface area contributed by atoms with Crippen LogP contribution in [0.3, 0.4) is 0 Å². The summed E-state index contributed by atoms with van der Waals surface area (Å²) in [5.74, 6) is 0.802. The van der Waals surface area contributed by atoms with E-state index in [0.717, 1.165) is 5.56 Å². The van der Waals surface area contributed by atoms with Crippen LogP contribution in [0.25, 0.3) is 0 Å². The van der Waals surface area contributed by atoms with E-state index >= 15 is 0 Å². The first-order chi connectivity index (χ1) is 10.1. The van der Waals surface area contributed by atoms with Gasteiger partial charge in [-0.1, -0.05) is 6.07 Å². The summed E-state index contributed by atoms with van der Waals surface area (Å²) < 4.78 is 15.2. The van der Waals surface area contributed by atoms with Crippen molar-refractivity contribution in [2.75, 3.05) is 21.3 Å². The molecule has 0 aliphatic carbocycles. The molecule has 1 amide bonds. The molecule has 114 valence electrons. The molecule has 6 heteroatoms. The van der Waals surface area contributed by atoms with Crippen molar-refractivity contribution in [3.05, 3.63) is 23.8 Å². The number of esters is 1. The van der Waals surface area contributed by atoms with Gasteiger partial charge in [-0.25, -0.2) is 4.79 Å². The summed E-state index contributed by atoms with van der Waals surface area (Å²) in [6.45, 7) is 0.346. The van der Waals surface area contributed by atoms with Gasteiger partial charge >= 0.3 is 5.97 Å². The normalized spacial score (nSPS) is 17.8. The molecule has 1 atom stereocenters. The lowest BCUT2D eigenvalue weighted by Gasteiger charge is -2.23. The lowest BCUT2D eigenvalue weighted by molar-refractivity contribution is -0.149. The maximum Gasteiger partial charge on any atom is 0.328 e. The smallest absolute Gasteiger partial charge is 0.328 e. The van der Waals surface area contributed by atoms with E-state index in [2.05, 4.69) is 0 Å². The Kier molecular flexibility index (Phi) is 4.67. The van der Waals surface area contributed by atoms with E-state index in [-0.39, 0.29) is 11.9 Å². The molecule has 0 spiro atoms. The molecule has 0 radical (unpaired) electrons. The van der Waals surface area contributed by atoms with Crippen LogP contribution in [0, 0.1) is 0 Å². The minimum atomic E-state index is -0.504. The van der Waals surface area contributed by atoms with Gasteiger partial charge in [0.2, 0.25) is 5.91 Å². The van der Waals surface area contributed by atoms with Gasteiger partial charge in [0.1, 0.15) is 6.04 Å². The molecule has 1 aliphatic rings. The van der Waals surface area contributed by atoms with Crippen LogP contribution in [0.4, 0.5) is 0 Å². The molecule has 0 aromatic heterocycles. The Balaban J connectivity index is 2.19. The first kappa shape index (κ1) is 15.2. The Morgan fingerprint density at radius 2 is 1.95 bits per heavy atom. The van der Waals surface area contributed by atoms with Crippen LogP contribution in [0.2, 0.25) is 0 Å². The van der Waals surface area contributed by atoms with Gasteiger partial charge in [-0.15, -0.1) is 0 Å². The van der Waals surface area contributed by atoms with Gasteiger partial charge in [0.25, 0.3) is 0 Å². The number of benzene rings is 1. The summed E-state index contributed by atoms with van der Waals surface area (Å²) in [6.07, 6.45) is 0.867. The minimum Gasteiger partial charge on any atom is -0.493 e. The Bertz CT molecular complexity index is 543. The molecule has 1 unspecified atom stereocenters. The first-order valence-corrected chi connectivity index (χ1v) is 6.69. The van der Waals surface area contributed by atoms with Crippen LogP contribution in [0.1, 0.15) is 18.4 Å². The zero-order valence-electron chi connectivity index (χ0n) is 12.4. The van der Waals surface area contributed by atoms with Crippen LogP contribution in [0.15, 0.2) is 18.2 Å². The monoisotopic (exact) mass is 293 g/mol. The molecule has 1 aromatic carbocycles. The highest BCUT2D eigenvalue weighted by atomic mass is 16.5. The molecule has 21 heavy (non-hydrogen) atoms. The number of hydrogen-bond acceptors (Lipinski definition) is 5. The van der Waals surface area contributed by atoms with Crippen LogP contribution in [-0.2, 0) is 20.9 Å². The molecular formula is C15H19NO5. The number of nitrogens with zero attached hydrogens (tertiary/aromatic N) is 1. The van der Waals surface area contributed by atoms with Gasteiger partial charge in [0, 0.05) is 13.0 Å². The average molecular weight is 293 g/mol. The third-order valence-electron chi connectivity index (χ3n) is 3.60. The fourth-order valence-corrected chi connectivity index (χ4v) is 2.49. The summed E-state index contributed by atoms with van der Waals surface area (Å²) in [5.41, 5.74) is 0.872. The molecular weight excluding hydrogens is 274 g/mol. The van der Waals surface area contributed by atoms with Crippen molar-refractivity contribution in [2.45, 2.75) is 25.4 Å². The lowest BCUT2D eigenvalue weighted by atomic mass is 10.1. The number of ether oxygens (including phenoxy) is 3. The van der Waals surface area contributed by atoms with E-state index in [1.165, 1.54) is 7.11 Å². The zero-order chi connectivity index (χ0) is 15.4. The van der Waals surface area contributed by atoms with E-state index < -0.39 is 6.04 Å². The van der Waals surface area contributed by atoms with E-state index in [1.54, 1.807) is 31.3 Å². The number of rotatable bonds is 5. The molecule has 1 saturated heterocycles. The van der Waals surface area contributed by atoms with Crippen LogP contribution >= 0.6 is 0 Å². The predicted molar refractivity (Wildman–Crippen MR) is 75.1 cm³/mol. The van der Waals surface area contributed by atoms with E-state index in [0.29, 0.717) is 30.9 Å². The second kappa shape index (κ2) is 6.47. The van der Waals surface area contributed by atoms with E-state index in [4.69, 9.17) is 14.2 Å². The van der Waals surface area contributed by atoms with Crippen LogP contribution in [-0.4, -0.2) is 44.1 Å². The van der Waals surface area contributed by atoms with Gasteiger partial charge in [-0.2, -0.15) is 0 Å². The van der Waals surface area contributed by atoms with Crippen molar-refractivity contribution in [1.29, 1.82) is 0 Å². The SMILES string of the molecule is COC(=O)C1CCC(=O)N1Cc1ccc(OC)c(OC)c1. The summed E-state index contributed by atoms with van der Waals surface area (Å²) >= 11 is 0. The molecule has 0 bridgehead atoms. The maximum absolute atomic E-state index is 11.9. The summed E-state index contributed by atoms with van der Waals surface area (Å²) in [4.78, 5) is 25.2. The van der Waals surface area contributed by atoms with Crippen molar-refractivity contribution in [3.8, 4) is 11.5 Å². The second-order valence-corrected chi connectivity index (χ2v) is 4.79. The Hall–Kier alpha value is -2.24. The molecule has 1 heterocycles. The standard InChI is InChI=1S/C15H19NO5/c1-19-12-6-4-10(8-13(12)20-2)9-16-11(15(18)21-3)5-7-14(16)17/h4,6,8,11H,5,7,9H2,1-3H3. The van der Waals surface area contributed by atoms with Crippen LogP contribution in [0.5, 0.6) is 11.5 Å². The molecule has 1 fully saturated rings. The predicted octanol–water partition coefficient (Wildman–Crippen LogP) is 1.37. The quantitative estimate of drug-likeness (QED) is 0.767. The Morgan fingerprint density at radius 3 is 2.57 bits per heavy atom. The van der Waals surface area contributed by atoms with Gasteiger partial charge < -0.3 is 19.1 Å². The number of likely N-dealkylation sites (tertiary alicyclic amines) is 1. The van der Waals surface area contributed by atoms with Crippen molar-refractivity contribution in [3.63, 3.8) is 0 Å². The zero-order valence-corrected chi connectivity index (χ0v) is 12.4. The van der Waals surface area contributed by atoms with Gasteiger partial charge in [-0.3, -0.25) is 4.79 Å². The molecule has 1 aliphatic heterocycles. The van der Waals surface area contributed by atoms with Crippen molar-refractivity contribution >= 4 is 11.9 Å². The number of carbonyl (C=O) groups excluding carboxylic acids is 2. The molecule has 0 N–H and O–H groups in total. The fraction of sp³-hybridized carbons (Fsp3) is 0.467. The second-order valence-electron chi connectivity index (χ2n) is 4.79. The highest BCUT2D eigenvalue weighted by Crippen LogP contribution is 2.29. The van der Waals surface area contributed by atoms with Gasteiger partial charge in [0.05, 0.1) is 21.3 Å². The number of amides is 1. The summed E-state index contributed by atoms with van der Waals surface area (Å²) in [7, 11) is 4.45. The molecule has 2 rings (SSSR count). The number of methoxy groups -OCH3 is 3. The highest BCUT2D eigenvalue weighted by molar-refractivity contribution is 5.88. The van der Waals surface area contributed by atoms with Crippen molar-refractivity contribution in [1.82, 2.24) is 4.90 Å². The molecule has 6 nitrogen and oxygen atoms in total. The Morgan fingerprint density at radius 1 is 1.24 bits per heavy atom. The largest absolute Gasteiger partial charge is 0.493 e. The molecule has 0 saturated carbocycles. The minimum absolute atomic E-state index is 0.0415. The van der Waals surface area contributed by atoms with E-state index in [9.17, 15) is 9.59 Å². The van der Waals surface area contributed by atoms with Crippen molar-refractivity contribution < 1.29 is 23.8 Å². The summed E-state index contributed by atoms with van der Waals surface area (Å²) in [5, 5.41) is 0. The number of carbonyl (C=O) groups is 2. The molecule has 1 aromatic rings. The topological polar surface area (TPSA) is 65.1 Å². The van der Waals surface area contributed by atoms with Crippen LogP contribution < -0.4 is 9.47 Å². The van der Waals surface area contributed by atoms with Crippen molar-refractivity contribution in [2.24, 2.45) is 0 Å². The van der Waals surface area contributed by atoms with Gasteiger partial charge in [-0.05, 0) is 24.1 Å². The first-order valence-electron chi connectivity index (χ1n) is 6.69. The van der Waals surface area contributed by atoms with Gasteiger partial charge in [0.15, 0.2) is 11.5 Å². The lowest BCUT2D eigenvalue weighted by Crippen LogP contribution is -2.38. The van der Waals surface area contributed by atoms with E-state index in [1.807, 2.05) is 6.07 Å². The highest BCUT2D eigenvalue weighted by Gasteiger charge is 2.36. The maximum atomic E-state index is 11.9. The number of hydrogen-bond donors (Lipinski definition) is 0. The average Bonchev–Trinajstić information content (AvgIpc) is 2.87.